The minimum absolute atomic E-state index is 0.0323. The fourth-order valence-electron chi connectivity index (χ4n) is 1.11. The zero-order chi connectivity index (χ0) is 13.4. The number of rotatable bonds is 7. The average Bonchev–Trinajstić information content (AvgIpc) is 2.73. The quantitative estimate of drug-likeness (QED) is 0.755. The van der Waals surface area contributed by atoms with Crippen molar-refractivity contribution in [3.63, 3.8) is 0 Å². The smallest absolute Gasteiger partial charge is 0.239 e. The summed E-state index contributed by atoms with van der Waals surface area (Å²) in [5, 5.41) is 5.17. The van der Waals surface area contributed by atoms with Crippen LogP contribution in [0.5, 0.6) is 0 Å². The highest BCUT2D eigenvalue weighted by atomic mass is 32.2. The first-order valence-corrected chi connectivity index (χ1v) is 7.41. The van der Waals surface area contributed by atoms with Gasteiger partial charge in [-0.05, 0) is 13.8 Å². The Kier molecular flexibility index (Phi) is 6.66. The van der Waals surface area contributed by atoms with Crippen molar-refractivity contribution >= 4 is 35.3 Å². The van der Waals surface area contributed by atoms with Crippen molar-refractivity contribution in [2.75, 3.05) is 18.8 Å². The van der Waals surface area contributed by atoms with Crippen molar-refractivity contribution in [1.29, 1.82) is 0 Å². The van der Waals surface area contributed by atoms with Crippen LogP contribution in [0.1, 0.15) is 18.3 Å². The molecule has 0 unspecified atom stereocenters. The van der Waals surface area contributed by atoms with Crippen LogP contribution in [-0.2, 0) is 15.3 Å². The van der Waals surface area contributed by atoms with Crippen LogP contribution in [0.4, 0.5) is 0 Å². The number of nitrogens with zero attached hydrogens (tertiary/aromatic N) is 2. The molecule has 2 amide bonds. The Morgan fingerprint density at radius 2 is 2.06 bits per heavy atom. The number of hydrogen-bond acceptors (Lipinski definition) is 6. The van der Waals surface area contributed by atoms with E-state index in [1.54, 1.807) is 0 Å². The minimum Gasteiger partial charge on any atom is -0.355 e. The van der Waals surface area contributed by atoms with E-state index in [-0.39, 0.29) is 18.4 Å². The van der Waals surface area contributed by atoms with E-state index < -0.39 is 0 Å². The Bertz CT molecular complexity index is 408. The van der Waals surface area contributed by atoms with E-state index >= 15 is 0 Å². The van der Waals surface area contributed by atoms with E-state index in [0.29, 0.717) is 18.1 Å². The van der Waals surface area contributed by atoms with Crippen LogP contribution in [-0.4, -0.2) is 39.4 Å². The second-order valence-electron chi connectivity index (χ2n) is 3.52. The second kappa shape index (κ2) is 8.04. The maximum atomic E-state index is 11.4. The number of amides is 2. The van der Waals surface area contributed by atoms with Crippen molar-refractivity contribution in [3.05, 3.63) is 11.4 Å². The molecule has 0 aromatic carbocycles. The zero-order valence-electron chi connectivity index (χ0n) is 10.4. The Morgan fingerprint density at radius 3 is 2.67 bits per heavy atom. The number of carbonyl (C=O) groups excluding carboxylic acids is 2. The van der Waals surface area contributed by atoms with Gasteiger partial charge in [0.2, 0.25) is 11.8 Å². The van der Waals surface area contributed by atoms with Crippen molar-refractivity contribution in [2.24, 2.45) is 0 Å². The van der Waals surface area contributed by atoms with E-state index in [4.69, 9.17) is 0 Å². The van der Waals surface area contributed by atoms with Gasteiger partial charge in [0.1, 0.15) is 0 Å². The lowest BCUT2D eigenvalue weighted by Gasteiger charge is -2.04. The molecule has 0 saturated heterocycles. The number of hydrogen-bond donors (Lipinski definition) is 2. The van der Waals surface area contributed by atoms with Crippen LogP contribution in [0.2, 0.25) is 0 Å². The Hall–Kier alpha value is -1.15. The Morgan fingerprint density at radius 1 is 1.28 bits per heavy atom. The molecule has 1 aromatic heterocycles. The van der Waals surface area contributed by atoms with Gasteiger partial charge in [-0.15, -0.1) is 11.8 Å². The molecule has 0 atom stereocenters. The second-order valence-corrected chi connectivity index (χ2v) is 5.03. The lowest BCUT2D eigenvalue weighted by molar-refractivity contribution is -0.124. The van der Waals surface area contributed by atoms with Crippen molar-refractivity contribution < 1.29 is 9.59 Å². The minimum atomic E-state index is -0.171. The summed E-state index contributed by atoms with van der Waals surface area (Å²) < 4.78 is 8.18. The number of likely N-dealkylation sites (N-methyl/N-ethyl adjacent to an activating group) is 1. The Labute approximate surface area is 114 Å². The summed E-state index contributed by atoms with van der Waals surface area (Å²) in [5.74, 6) is 0.662. The molecule has 0 aliphatic rings. The molecule has 18 heavy (non-hydrogen) atoms. The van der Waals surface area contributed by atoms with Crippen LogP contribution >= 0.6 is 23.5 Å². The maximum Gasteiger partial charge on any atom is 0.239 e. The summed E-state index contributed by atoms with van der Waals surface area (Å²) in [6, 6.07) is 0. The first kappa shape index (κ1) is 14.9. The predicted octanol–water partition coefficient (Wildman–Crippen LogP) is 0.332. The molecule has 100 valence electrons. The number of carbonyl (C=O) groups is 2. The van der Waals surface area contributed by atoms with Crippen LogP contribution in [0.15, 0.2) is 0 Å². The number of aromatic nitrogens is 2. The highest BCUT2D eigenvalue weighted by Gasteiger charge is 2.07. The fraction of sp³-hybridized carbons (Fsp3) is 0.600. The molecule has 1 rings (SSSR count). The highest BCUT2D eigenvalue weighted by molar-refractivity contribution is 7.99. The third kappa shape index (κ3) is 5.46. The van der Waals surface area contributed by atoms with Gasteiger partial charge in [0.15, 0.2) is 0 Å². The van der Waals surface area contributed by atoms with Crippen molar-refractivity contribution in [3.8, 4) is 0 Å². The topological polar surface area (TPSA) is 84.0 Å². The molecule has 2 N–H and O–H groups in total. The molecule has 1 heterocycles. The van der Waals surface area contributed by atoms with Gasteiger partial charge in [0.25, 0.3) is 0 Å². The SMILES string of the molecule is CCNC(=O)CNC(=O)CSCc1nsnc1C. The van der Waals surface area contributed by atoms with Crippen LogP contribution in [0.3, 0.4) is 0 Å². The fourth-order valence-corrected chi connectivity index (χ4v) is 2.61. The first-order chi connectivity index (χ1) is 8.63. The molecule has 0 aliphatic heterocycles. The molecule has 1 aromatic rings. The van der Waals surface area contributed by atoms with Gasteiger partial charge in [0.05, 0.1) is 35.4 Å². The molecular weight excluding hydrogens is 272 g/mol. The van der Waals surface area contributed by atoms with Gasteiger partial charge >= 0.3 is 0 Å². The van der Waals surface area contributed by atoms with Gasteiger partial charge in [-0.25, -0.2) is 0 Å². The molecule has 0 bridgehead atoms. The summed E-state index contributed by atoms with van der Waals surface area (Å²) in [4.78, 5) is 22.5. The van der Waals surface area contributed by atoms with Gasteiger partial charge < -0.3 is 10.6 Å². The van der Waals surface area contributed by atoms with Crippen LogP contribution in [0.25, 0.3) is 0 Å². The summed E-state index contributed by atoms with van der Waals surface area (Å²) >= 11 is 2.64. The number of thioether (sulfide) groups is 1. The normalized spacial score (nSPS) is 10.1. The van der Waals surface area contributed by atoms with E-state index in [1.165, 1.54) is 23.5 Å². The molecule has 8 heteroatoms. The average molecular weight is 288 g/mol. The largest absolute Gasteiger partial charge is 0.355 e. The summed E-state index contributed by atoms with van der Waals surface area (Å²) in [7, 11) is 0. The summed E-state index contributed by atoms with van der Waals surface area (Å²) in [6.07, 6.45) is 0. The van der Waals surface area contributed by atoms with E-state index in [9.17, 15) is 9.59 Å². The molecule has 6 nitrogen and oxygen atoms in total. The van der Waals surface area contributed by atoms with Crippen molar-refractivity contribution in [1.82, 2.24) is 19.4 Å². The molecule has 0 aliphatic carbocycles. The molecule has 0 radical (unpaired) electrons. The summed E-state index contributed by atoms with van der Waals surface area (Å²) in [5.41, 5.74) is 1.83. The van der Waals surface area contributed by atoms with Gasteiger partial charge in [0, 0.05) is 12.3 Å². The van der Waals surface area contributed by atoms with Crippen LogP contribution < -0.4 is 10.6 Å². The summed E-state index contributed by atoms with van der Waals surface area (Å²) in [6.45, 7) is 4.33. The van der Waals surface area contributed by atoms with Gasteiger partial charge in [-0.2, -0.15) is 8.75 Å². The zero-order valence-corrected chi connectivity index (χ0v) is 12.0. The lowest BCUT2D eigenvalue weighted by atomic mass is 10.4. The van der Waals surface area contributed by atoms with E-state index in [1.807, 2.05) is 13.8 Å². The third-order valence-corrected chi connectivity index (χ3v) is 3.64. The third-order valence-electron chi connectivity index (χ3n) is 2.04. The maximum absolute atomic E-state index is 11.4. The van der Waals surface area contributed by atoms with E-state index in [0.717, 1.165) is 11.4 Å². The number of aryl methyl sites for hydroxylation is 1. The molecule has 0 fully saturated rings. The first-order valence-electron chi connectivity index (χ1n) is 5.52. The monoisotopic (exact) mass is 288 g/mol. The molecular formula is C10H16N4O2S2. The Balaban J connectivity index is 2.14. The predicted molar refractivity (Wildman–Crippen MR) is 72.5 cm³/mol. The standard InChI is InChI=1S/C10H16N4O2S2/c1-3-11-9(15)4-12-10(16)6-17-5-8-7(2)13-18-14-8/h3-6H2,1-2H3,(H,11,15)(H,12,16). The number of nitrogens with one attached hydrogen (secondary N) is 2. The van der Waals surface area contributed by atoms with E-state index in [2.05, 4.69) is 19.4 Å². The van der Waals surface area contributed by atoms with Crippen molar-refractivity contribution in [2.45, 2.75) is 19.6 Å². The van der Waals surface area contributed by atoms with Gasteiger partial charge in [-0.1, -0.05) is 0 Å². The molecule has 0 spiro atoms. The highest BCUT2D eigenvalue weighted by Crippen LogP contribution is 2.13. The van der Waals surface area contributed by atoms with Crippen LogP contribution in [0, 0.1) is 6.92 Å². The molecule has 0 saturated carbocycles. The van der Waals surface area contributed by atoms with Gasteiger partial charge in [-0.3, -0.25) is 9.59 Å². The lowest BCUT2D eigenvalue weighted by Crippen LogP contribution is -2.37.